The molecule has 0 unspecified atom stereocenters. The predicted octanol–water partition coefficient (Wildman–Crippen LogP) is 6.87. The topological polar surface area (TPSA) is 34.1 Å². The van der Waals surface area contributed by atoms with Crippen LogP contribution in [0.5, 0.6) is 0 Å². The zero-order chi connectivity index (χ0) is 15.2. The monoisotopic (exact) mass is 308 g/mol. The molecule has 0 saturated heterocycles. The van der Waals surface area contributed by atoms with E-state index in [1.165, 1.54) is 27.7 Å². The molecular weight excluding hydrogens is 262 g/mol. The standard InChI is InChI=1S/2C3H6O.4C2H6.2CH4.2FH/c2*1-3(2)4;4*1-2;;;;/h2*1-2H3;4*1-2H3;2*1H4;2*1H. The summed E-state index contributed by atoms with van der Waals surface area (Å²) in [4.78, 5) is 18.9. The summed E-state index contributed by atoms with van der Waals surface area (Å²) in [5.41, 5.74) is 0. The van der Waals surface area contributed by atoms with Gasteiger partial charge in [0.25, 0.3) is 0 Å². The Kier molecular flexibility index (Phi) is 748. The number of halogens is 2. The molecule has 0 amide bonds. The molecule has 0 fully saturated rings. The first-order valence-corrected chi connectivity index (χ1v) is 6.41. The second-order valence-corrected chi connectivity index (χ2v) is 1.82. The van der Waals surface area contributed by atoms with Crippen molar-refractivity contribution in [1.29, 1.82) is 0 Å². The van der Waals surface area contributed by atoms with Gasteiger partial charge in [0, 0.05) is 0 Å². The summed E-state index contributed by atoms with van der Waals surface area (Å²) < 4.78 is 0. The van der Waals surface area contributed by atoms with Crippen LogP contribution in [-0.4, -0.2) is 11.6 Å². The van der Waals surface area contributed by atoms with E-state index in [-0.39, 0.29) is 35.8 Å². The van der Waals surface area contributed by atoms with Gasteiger partial charge in [-0.25, -0.2) is 0 Å². The maximum Gasteiger partial charge on any atom is 0.126 e. The summed E-state index contributed by atoms with van der Waals surface area (Å²) in [6, 6.07) is 0. The molecule has 0 saturated carbocycles. The van der Waals surface area contributed by atoms with E-state index >= 15 is 0 Å². The summed E-state index contributed by atoms with van der Waals surface area (Å²) in [5.74, 6) is 0.333. The Balaban J connectivity index is -0.00000000747. The number of carbonyl (C=O) groups is 2. The van der Waals surface area contributed by atoms with E-state index in [1.54, 1.807) is 0 Å². The average Bonchev–Trinajstić information content (AvgIpc) is 2.27. The summed E-state index contributed by atoms with van der Waals surface area (Å²) in [6.45, 7) is 22.1. The van der Waals surface area contributed by atoms with E-state index in [0.717, 1.165) is 0 Å². The lowest BCUT2D eigenvalue weighted by atomic mass is 10.6. The molecule has 0 aromatic carbocycles. The SMILES string of the molecule is C.C.CC.CC.CC.CC.CC(C)=O.CC(C)=O.F.F. The van der Waals surface area contributed by atoms with Gasteiger partial charge in [-0.05, 0) is 27.7 Å². The van der Waals surface area contributed by atoms with E-state index < -0.39 is 0 Å². The van der Waals surface area contributed by atoms with E-state index in [4.69, 9.17) is 0 Å². The molecule has 0 aliphatic rings. The van der Waals surface area contributed by atoms with Crippen molar-refractivity contribution >= 4 is 11.6 Å². The highest BCUT2D eigenvalue weighted by molar-refractivity contribution is 5.72. The fourth-order valence-corrected chi connectivity index (χ4v) is 0. The molecule has 0 aromatic heterocycles. The van der Waals surface area contributed by atoms with Crippen molar-refractivity contribution in [3.8, 4) is 0 Å². The third-order valence-corrected chi connectivity index (χ3v) is 0. The second kappa shape index (κ2) is 199. The summed E-state index contributed by atoms with van der Waals surface area (Å²) in [5, 5.41) is 0. The average molecular weight is 309 g/mol. The molecule has 4 heteroatoms. The van der Waals surface area contributed by atoms with Crippen LogP contribution in [0.25, 0.3) is 0 Å². The smallest absolute Gasteiger partial charge is 0.126 e. The highest BCUT2D eigenvalue weighted by atomic mass is 19.0. The number of rotatable bonds is 0. The van der Waals surface area contributed by atoms with Crippen molar-refractivity contribution in [2.24, 2.45) is 0 Å². The van der Waals surface area contributed by atoms with Gasteiger partial charge in [-0.2, -0.15) is 0 Å². The number of hydrogen-bond donors (Lipinski definition) is 0. The van der Waals surface area contributed by atoms with Crippen LogP contribution < -0.4 is 0 Å². The third-order valence-electron chi connectivity index (χ3n) is 0. The van der Waals surface area contributed by atoms with E-state index in [9.17, 15) is 9.59 Å². The number of Topliss-reactive ketones (excluding diaryl/α,β-unsaturated/α-hetero) is 2. The van der Waals surface area contributed by atoms with Crippen molar-refractivity contribution in [2.45, 2.75) is 97.9 Å². The van der Waals surface area contributed by atoms with Crippen LogP contribution >= 0.6 is 0 Å². The van der Waals surface area contributed by atoms with Gasteiger partial charge in [-0.15, -0.1) is 0 Å². The lowest BCUT2D eigenvalue weighted by Gasteiger charge is -1.56. The Hall–Kier alpha value is -0.800. The van der Waals surface area contributed by atoms with Crippen LogP contribution in [0, 0.1) is 0 Å². The van der Waals surface area contributed by atoms with Crippen LogP contribution in [0.1, 0.15) is 97.9 Å². The van der Waals surface area contributed by atoms with Gasteiger partial charge < -0.3 is 9.59 Å². The normalized spacial score (nSPS) is 3.80. The van der Waals surface area contributed by atoms with E-state index in [2.05, 4.69) is 0 Å². The van der Waals surface area contributed by atoms with E-state index in [0.29, 0.717) is 0 Å². The van der Waals surface area contributed by atoms with Crippen LogP contribution in [-0.2, 0) is 9.59 Å². The highest BCUT2D eigenvalue weighted by Crippen LogP contribution is 1.50. The maximum atomic E-state index is 9.44. The zero-order valence-electron chi connectivity index (χ0n) is 14.6. The molecule has 0 aromatic rings. The fourth-order valence-electron chi connectivity index (χ4n) is 0. The van der Waals surface area contributed by atoms with Gasteiger partial charge in [0.15, 0.2) is 0 Å². The molecular formula is C16H46F2O2. The minimum absolute atomic E-state index is 0. The van der Waals surface area contributed by atoms with Crippen LogP contribution in [0.4, 0.5) is 9.41 Å². The molecule has 0 aliphatic heterocycles. The molecule has 0 bridgehead atoms. The molecule has 0 atom stereocenters. The Morgan fingerprint density at radius 2 is 0.450 bits per heavy atom. The van der Waals surface area contributed by atoms with Crippen LogP contribution in [0.3, 0.4) is 0 Å². The van der Waals surface area contributed by atoms with Gasteiger partial charge in [0.05, 0.1) is 0 Å². The van der Waals surface area contributed by atoms with Gasteiger partial charge in [0.2, 0.25) is 0 Å². The molecule has 0 N–H and O–H groups in total. The zero-order valence-corrected chi connectivity index (χ0v) is 14.6. The van der Waals surface area contributed by atoms with Gasteiger partial charge in [-0.1, -0.05) is 70.2 Å². The molecule has 0 radical (unpaired) electrons. The first kappa shape index (κ1) is 75.1. The quantitative estimate of drug-likeness (QED) is 0.489. The van der Waals surface area contributed by atoms with Crippen molar-refractivity contribution in [3.63, 3.8) is 0 Å². The third kappa shape index (κ3) is 7050. The lowest BCUT2D eigenvalue weighted by Crippen LogP contribution is -1.69. The number of ketones is 2. The summed E-state index contributed by atoms with van der Waals surface area (Å²) in [6.07, 6.45) is 0. The Morgan fingerprint density at radius 3 is 0.450 bits per heavy atom. The predicted molar refractivity (Wildman–Crippen MR) is 96.6 cm³/mol. The van der Waals surface area contributed by atoms with Crippen molar-refractivity contribution in [3.05, 3.63) is 0 Å². The fraction of sp³-hybridized carbons (Fsp3) is 0.875. The first-order chi connectivity index (χ1) is 7.46. The van der Waals surface area contributed by atoms with Crippen LogP contribution in [0.15, 0.2) is 0 Å². The van der Waals surface area contributed by atoms with Gasteiger partial charge in [0.1, 0.15) is 11.6 Å². The largest absolute Gasteiger partial charge is 0.300 e. The highest BCUT2D eigenvalue weighted by Gasteiger charge is 1.62. The molecule has 0 rings (SSSR count). The first-order valence-electron chi connectivity index (χ1n) is 6.41. The van der Waals surface area contributed by atoms with E-state index in [1.807, 2.05) is 55.4 Å². The molecule has 0 aliphatic carbocycles. The Labute approximate surface area is 129 Å². The minimum atomic E-state index is 0. The van der Waals surface area contributed by atoms with Crippen molar-refractivity contribution in [2.75, 3.05) is 0 Å². The molecule has 2 nitrogen and oxygen atoms in total. The van der Waals surface area contributed by atoms with Gasteiger partial charge >= 0.3 is 0 Å². The van der Waals surface area contributed by atoms with Gasteiger partial charge in [-0.3, -0.25) is 9.41 Å². The second-order valence-electron chi connectivity index (χ2n) is 1.82. The van der Waals surface area contributed by atoms with Crippen LogP contribution in [0.2, 0.25) is 0 Å². The Bertz CT molecular complexity index is 76.5. The summed E-state index contributed by atoms with van der Waals surface area (Å²) in [7, 11) is 0. The molecule has 136 valence electrons. The number of carbonyl (C=O) groups excluding carboxylic acids is 2. The lowest BCUT2D eigenvalue weighted by molar-refractivity contribution is -0.115. The van der Waals surface area contributed by atoms with Crippen molar-refractivity contribution in [1.82, 2.24) is 0 Å². The molecule has 0 spiro atoms. The maximum absolute atomic E-state index is 9.44. The number of hydrogen-bond acceptors (Lipinski definition) is 2. The molecule has 20 heavy (non-hydrogen) atoms. The van der Waals surface area contributed by atoms with Crippen molar-refractivity contribution < 1.29 is 19.0 Å². The minimum Gasteiger partial charge on any atom is -0.300 e. The molecule has 0 heterocycles. The Morgan fingerprint density at radius 1 is 0.450 bits per heavy atom. The summed E-state index contributed by atoms with van der Waals surface area (Å²) >= 11 is 0.